The lowest BCUT2D eigenvalue weighted by molar-refractivity contribution is 0.214. The number of hydrogen-bond acceptors (Lipinski definition) is 2. The summed E-state index contributed by atoms with van der Waals surface area (Å²) in [5.74, 6) is 1.79. The van der Waals surface area contributed by atoms with Crippen LogP contribution < -0.4 is 5.32 Å². The third kappa shape index (κ3) is 10.2. The molecular weight excluding hydrogens is 399 g/mol. The molecule has 1 rings (SSSR count). The number of guanidine groups is 1. The molecule has 4 nitrogen and oxygen atoms in total. The minimum absolute atomic E-state index is 0. The van der Waals surface area contributed by atoms with Crippen LogP contribution in [0.1, 0.15) is 45.4 Å². The topological polar surface area (TPSA) is 30.9 Å². The van der Waals surface area contributed by atoms with Crippen molar-refractivity contribution < 1.29 is 0 Å². The molecule has 1 unspecified atom stereocenters. The first-order chi connectivity index (χ1) is 10.7. The van der Waals surface area contributed by atoms with E-state index in [2.05, 4.69) is 42.7 Å². The van der Waals surface area contributed by atoms with Crippen molar-refractivity contribution >= 4 is 29.9 Å². The van der Waals surface area contributed by atoms with Gasteiger partial charge in [-0.1, -0.05) is 12.5 Å². The summed E-state index contributed by atoms with van der Waals surface area (Å²) in [5, 5.41) is 3.43. The van der Waals surface area contributed by atoms with Crippen molar-refractivity contribution in [1.82, 2.24) is 15.1 Å². The molecule has 23 heavy (non-hydrogen) atoms. The summed E-state index contributed by atoms with van der Waals surface area (Å²) < 4.78 is 0. The van der Waals surface area contributed by atoms with E-state index in [1.807, 2.05) is 6.08 Å². The van der Waals surface area contributed by atoms with Gasteiger partial charge in [0.05, 0.1) is 0 Å². The molecule has 1 heterocycles. The number of unbranched alkanes of at least 4 members (excludes halogenated alkanes) is 3. The molecule has 0 aliphatic carbocycles. The maximum Gasteiger partial charge on any atom is 0.193 e. The van der Waals surface area contributed by atoms with Crippen LogP contribution in [0.25, 0.3) is 0 Å². The molecule has 1 saturated heterocycles. The van der Waals surface area contributed by atoms with Crippen LogP contribution in [-0.2, 0) is 0 Å². The van der Waals surface area contributed by atoms with E-state index in [4.69, 9.17) is 4.99 Å². The Morgan fingerprint density at radius 2 is 2.17 bits per heavy atom. The molecule has 5 heteroatoms. The lowest BCUT2D eigenvalue weighted by Crippen LogP contribution is -2.40. The molecule has 1 atom stereocenters. The normalized spacial score (nSPS) is 19.1. The number of halogens is 1. The Kier molecular flexibility index (Phi) is 13.9. The highest BCUT2D eigenvalue weighted by atomic mass is 127. The fourth-order valence-corrected chi connectivity index (χ4v) is 3.03. The van der Waals surface area contributed by atoms with E-state index >= 15 is 0 Å². The van der Waals surface area contributed by atoms with Crippen molar-refractivity contribution in [2.75, 3.05) is 46.8 Å². The SMILES string of the molecule is C=CCCCCCN(C)C(=NCC1CCCN(C)C1)NCC.I. The van der Waals surface area contributed by atoms with Gasteiger partial charge in [-0.25, -0.2) is 0 Å². The van der Waals surface area contributed by atoms with Crippen molar-refractivity contribution in [3.8, 4) is 0 Å². The van der Waals surface area contributed by atoms with Gasteiger partial charge in [-0.2, -0.15) is 0 Å². The second kappa shape index (κ2) is 14.1. The number of hydrogen-bond donors (Lipinski definition) is 1. The molecule has 0 aromatic heterocycles. The van der Waals surface area contributed by atoms with E-state index in [1.165, 1.54) is 45.2 Å². The third-order valence-electron chi connectivity index (χ3n) is 4.32. The van der Waals surface area contributed by atoms with Gasteiger partial charge in [0.1, 0.15) is 0 Å². The first-order valence-electron chi connectivity index (χ1n) is 8.96. The van der Waals surface area contributed by atoms with Gasteiger partial charge in [-0.15, -0.1) is 30.6 Å². The molecule has 0 saturated carbocycles. The first kappa shape index (κ1) is 22.7. The van der Waals surface area contributed by atoms with Gasteiger partial charge < -0.3 is 15.1 Å². The fourth-order valence-electron chi connectivity index (χ4n) is 3.03. The van der Waals surface area contributed by atoms with Crippen molar-refractivity contribution in [1.29, 1.82) is 0 Å². The highest BCUT2D eigenvalue weighted by Crippen LogP contribution is 2.15. The van der Waals surface area contributed by atoms with Gasteiger partial charge in [-0.3, -0.25) is 4.99 Å². The Balaban J connectivity index is 0.00000484. The Bertz CT molecular complexity index is 333. The summed E-state index contributed by atoms with van der Waals surface area (Å²) >= 11 is 0. The minimum atomic E-state index is 0. The van der Waals surface area contributed by atoms with E-state index < -0.39 is 0 Å². The fraction of sp³-hybridized carbons (Fsp3) is 0.833. The monoisotopic (exact) mass is 436 g/mol. The average Bonchev–Trinajstić information content (AvgIpc) is 2.51. The summed E-state index contributed by atoms with van der Waals surface area (Å²) in [7, 11) is 4.37. The zero-order chi connectivity index (χ0) is 16.2. The third-order valence-corrected chi connectivity index (χ3v) is 4.32. The lowest BCUT2D eigenvalue weighted by Gasteiger charge is -2.29. The summed E-state index contributed by atoms with van der Waals surface area (Å²) in [6, 6.07) is 0. The highest BCUT2D eigenvalue weighted by Gasteiger charge is 2.17. The van der Waals surface area contributed by atoms with Crippen LogP contribution in [0.2, 0.25) is 0 Å². The largest absolute Gasteiger partial charge is 0.357 e. The number of likely N-dealkylation sites (tertiary alicyclic amines) is 1. The molecule has 0 aromatic rings. The Hall–Kier alpha value is -0.300. The Morgan fingerprint density at radius 1 is 1.39 bits per heavy atom. The zero-order valence-electron chi connectivity index (χ0n) is 15.4. The summed E-state index contributed by atoms with van der Waals surface area (Å²) in [6.07, 6.45) is 9.51. The number of aliphatic imine (C=N–C) groups is 1. The van der Waals surface area contributed by atoms with Gasteiger partial charge in [0.2, 0.25) is 0 Å². The Labute approximate surface area is 160 Å². The number of rotatable bonds is 9. The van der Waals surface area contributed by atoms with Crippen LogP contribution in [0.4, 0.5) is 0 Å². The van der Waals surface area contributed by atoms with Gasteiger partial charge >= 0.3 is 0 Å². The molecule has 0 aromatic carbocycles. The lowest BCUT2D eigenvalue weighted by atomic mass is 9.99. The maximum atomic E-state index is 4.88. The van der Waals surface area contributed by atoms with Crippen molar-refractivity contribution in [3.63, 3.8) is 0 Å². The van der Waals surface area contributed by atoms with Crippen molar-refractivity contribution in [2.45, 2.75) is 45.4 Å². The molecule has 0 amide bonds. The molecule has 0 spiro atoms. The molecular formula is C18H37IN4. The van der Waals surface area contributed by atoms with E-state index in [1.54, 1.807) is 0 Å². The van der Waals surface area contributed by atoms with Crippen LogP contribution in [0, 0.1) is 5.92 Å². The molecule has 1 fully saturated rings. The average molecular weight is 436 g/mol. The second-order valence-electron chi connectivity index (χ2n) is 6.52. The standard InChI is InChI=1S/C18H36N4.HI/c1-5-7-8-9-10-14-22(4)18(19-6-2)20-15-17-12-11-13-21(3)16-17;/h5,17H,1,6-16H2,2-4H3,(H,19,20);1H. The number of nitrogens with zero attached hydrogens (tertiary/aromatic N) is 3. The highest BCUT2D eigenvalue weighted by molar-refractivity contribution is 14.0. The molecule has 0 radical (unpaired) electrons. The van der Waals surface area contributed by atoms with Crippen molar-refractivity contribution in [3.05, 3.63) is 12.7 Å². The minimum Gasteiger partial charge on any atom is -0.357 e. The maximum absolute atomic E-state index is 4.88. The molecule has 1 aliphatic heterocycles. The van der Waals surface area contributed by atoms with Crippen LogP contribution >= 0.6 is 24.0 Å². The van der Waals surface area contributed by atoms with Crippen LogP contribution in [0.5, 0.6) is 0 Å². The Morgan fingerprint density at radius 3 is 2.83 bits per heavy atom. The number of allylic oxidation sites excluding steroid dienone is 1. The van der Waals surface area contributed by atoms with E-state index in [-0.39, 0.29) is 24.0 Å². The van der Waals surface area contributed by atoms with Crippen molar-refractivity contribution in [2.24, 2.45) is 10.9 Å². The van der Waals surface area contributed by atoms with Gasteiger partial charge in [0.25, 0.3) is 0 Å². The summed E-state index contributed by atoms with van der Waals surface area (Å²) in [4.78, 5) is 9.59. The smallest absolute Gasteiger partial charge is 0.193 e. The van der Waals surface area contributed by atoms with Crippen LogP contribution in [-0.4, -0.2) is 62.6 Å². The molecule has 1 aliphatic rings. The van der Waals surface area contributed by atoms with Gasteiger partial charge in [0.15, 0.2) is 5.96 Å². The van der Waals surface area contributed by atoms with E-state index in [0.717, 1.165) is 32.0 Å². The van der Waals surface area contributed by atoms with Gasteiger partial charge in [0, 0.05) is 33.2 Å². The second-order valence-corrected chi connectivity index (χ2v) is 6.52. The predicted molar refractivity (Wildman–Crippen MR) is 113 cm³/mol. The zero-order valence-corrected chi connectivity index (χ0v) is 17.7. The van der Waals surface area contributed by atoms with Gasteiger partial charge in [-0.05, 0) is 58.5 Å². The molecule has 1 N–H and O–H groups in total. The van der Waals surface area contributed by atoms with Crippen LogP contribution in [0.15, 0.2) is 17.6 Å². The predicted octanol–water partition coefficient (Wildman–Crippen LogP) is 3.59. The van der Waals surface area contributed by atoms with E-state index in [9.17, 15) is 0 Å². The number of piperidine rings is 1. The summed E-state index contributed by atoms with van der Waals surface area (Å²) in [5.41, 5.74) is 0. The first-order valence-corrected chi connectivity index (χ1v) is 8.96. The molecule has 136 valence electrons. The molecule has 0 bridgehead atoms. The summed E-state index contributed by atoms with van der Waals surface area (Å²) in [6.45, 7) is 11.3. The van der Waals surface area contributed by atoms with Crippen LogP contribution in [0.3, 0.4) is 0 Å². The quantitative estimate of drug-likeness (QED) is 0.197. The van der Waals surface area contributed by atoms with E-state index in [0.29, 0.717) is 5.92 Å². The number of nitrogens with one attached hydrogen (secondary N) is 1.